The van der Waals surface area contributed by atoms with Crippen molar-refractivity contribution in [2.75, 3.05) is 19.7 Å². The van der Waals surface area contributed by atoms with Crippen LogP contribution in [0, 0.1) is 12.8 Å². The summed E-state index contributed by atoms with van der Waals surface area (Å²) < 4.78 is 34.8. The number of hydrogen-bond acceptors (Lipinski definition) is 6. The lowest BCUT2D eigenvalue weighted by Crippen LogP contribution is -2.39. The summed E-state index contributed by atoms with van der Waals surface area (Å²) in [4.78, 5) is 12.7. The van der Waals surface area contributed by atoms with Crippen molar-refractivity contribution in [2.24, 2.45) is 13.0 Å². The van der Waals surface area contributed by atoms with Gasteiger partial charge in [-0.25, -0.2) is 23.4 Å². The minimum absolute atomic E-state index is 0.117. The highest BCUT2D eigenvalue weighted by Crippen LogP contribution is 2.25. The monoisotopic (exact) mass is 427 g/mol. The lowest BCUT2D eigenvalue weighted by Gasteiger charge is -2.30. The topological polar surface area (TPSA) is 90.2 Å². The summed E-state index contributed by atoms with van der Waals surface area (Å²) in [6, 6.07) is 11.7. The molecule has 1 saturated heterocycles. The van der Waals surface area contributed by atoms with Gasteiger partial charge < -0.3 is 9.30 Å². The second-order valence-corrected chi connectivity index (χ2v) is 9.39. The van der Waals surface area contributed by atoms with Gasteiger partial charge in [0.25, 0.3) is 10.0 Å². The van der Waals surface area contributed by atoms with Crippen LogP contribution in [0.3, 0.4) is 0 Å². The summed E-state index contributed by atoms with van der Waals surface area (Å²) in [5.41, 5.74) is 1.82. The van der Waals surface area contributed by atoms with Crippen LogP contribution in [0.25, 0.3) is 11.3 Å². The third kappa shape index (κ3) is 4.36. The lowest BCUT2D eigenvalue weighted by atomic mass is 9.99. The average Bonchev–Trinajstić information content (AvgIpc) is 3.12. The third-order valence-electron chi connectivity index (χ3n) is 5.44. The van der Waals surface area contributed by atoms with Crippen molar-refractivity contribution >= 4 is 10.0 Å². The fourth-order valence-corrected chi connectivity index (χ4v) is 4.98. The molecule has 158 valence electrons. The molecule has 1 aliphatic rings. The smallest absolute Gasteiger partial charge is 0.262 e. The van der Waals surface area contributed by atoms with Gasteiger partial charge in [-0.1, -0.05) is 30.3 Å². The van der Waals surface area contributed by atoms with E-state index in [1.807, 2.05) is 36.4 Å². The second-order valence-electron chi connectivity index (χ2n) is 7.50. The average molecular weight is 428 g/mol. The van der Waals surface area contributed by atoms with Crippen molar-refractivity contribution in [3.05, 3.63) is 54.7 Å². The van der Waals surface area contributed by atoms with Crippen LogP contribution in [-0.2, 0) is 17.1 Å². The van der Waals surface area contributed by atoms with Gasteiger partial charge in [0.2, 0.25) is 5.88 Å². The molecule has 0 unspecified atom stereocenters. The van der Waals surface area contributed by atoms with Crippen molar-refractivity contribution in [3.63, 3.8) is 0 Å². The molecule has 4 rings (SSSR count). The zero-order valence-electron chi connectivity index (χ0n) is 17.1. The zero-order chi connectivity index (χ0) is 21.1. The number of rotatable bonds is 6. The van der Waals surface area contributed by atoms with Gasteiger partial charge in [-0.3, -0.25) is 0 Å². The maximum atomic E-state index is 12.8. The Kier molecular flexibility index (Phi) is 5.83. The molecule has 1 aromatic carbocycles. The molecule has 30 heavy (non-hydrogen) atoms. The van der Waals surface area contributed by atoms with Gasteiger partial charge in [-0.05, 0) is 25.7 Å². The van der Waals surface area contributed by atoms with Crippen LogP contribution in [0.15, 0.2) is 53.9 Å². The predicted octanol–water partition coefficient (Wildman–Crippen LogP) is 2.67. The van der Waals surface area contributed by atoms with Crippen molar-refractivity contribution in [1.29, 1.82) is 0 Å². The number of benzene rings is 1. The van der Waals surface area contributed by atoms with Crippen molar-refractivity contribution in [2.45, 2.75) is 24.8 Å². The van der Waals surface area contributed by atoms with Crippen molar-refractivity contribution in [1.82, 2.24) is 23.8 Å². The molecule has 0 aliphatic carbocycles. The van der Waals surface area contributed by atoms with Crippen LogP contribution >= 0.6 is 0 Å². The number of hydrogen-bond donors (Lipinski definition) is 0. The molecule has 2 aromatic heterocycles. The Morgan fingerprint density at radius 2 is 1.87 bits per heavy atom. The van der Waals surface area contributed by atoms with Crippen LogP contribution in [0.1, 0.15) is 18.7 Å². The molecule has 9 heteroatoms. The van der Waals surface area contributed by atoms with E-state index in [4.69, 9.17) is 4.74 Å². The van der Waals surface area contributed by atoms with Crippen molar-refractivity contribution < 1.29 is 13.2 Å². The van der Waals surface area contributed by atoms with Gasteiger partial charge >= 0.3 is 0 Å². The van der Waals surface area contributed by atoms with Gasteiger partial charge in [0, 0.05) is 38.0 Å². The van der Waals surface area contributed by atoms with E-state index in [1.165, 1.54) is 10.6 Å². The van der Waals surface area contributed by atoms with E-state index in [9.17, 15) is 8.42 Å². The fraction of sp³-hybridized carbons (Fsp3) is 0.381. The number of aromatic nitrogens is 4. The molecule has 1 aliphatic heterocycles. The Morgan fingerprint density at radius 3 is 2.53 bits per heavy atom. The molecule has 0 amide bonds. The molecule has 0 N–H and O–H groups in total. The van der Waals surface area contributed by atoms with E-state index >= 15 is 0 Å². The summed E-state index contributed by atoms with van der Waals surface area (Å²) in [6.45, 7) is 3.22. The molecule has 3 aromatic rings. The molecular formula is C21H25N5O3S. The summed E-state index contributed by atoms with van der Waals surface area (Å²) in [5, 5.41) is 0.117. The maximum Gasteiger partial charge on any atom is 0.262 e. The van der Waals surface area contributed by atoms with Gasteiger partial charge in [-0.2, -0.15) is 4.31 Å². The predicted molar refractivity (Wildman–Crippen MR) is 112 cm³/mol. The minimum Gasteiger partial charge on any atom is -0.477 e. The molecule has 0 bridgehead atoms. The van der Waals surface area contributed by atoms with Crippen molar-refractivity contribution in [3.8, 4) is 17.1 Å². The molecule has 1 fully saturated rings. The molecule has 0 spiro atoms. The van der Waals surface area contributed by atoms with Crippen LogP contribution in [0.2, 0.25) is 0 Å². The largest absolute Gasteiger partial charge is 0.477 e. The maximum absolute atomic E-state index is 12.8. The second kappa shape index (κ2) is 8.53. The van der Waals surface area contributed by atoms with Gasteiger partial charge in [0.15, 0.2) is 5.03 Å². The first kappa shape index (κ1) is 20.5. The Hall–Kier alpha value is -2.78. The van der Waals surface area contributed by atoms with E-state index in [2.05, 4.69) is 15.0 Å². The quantitative estimate of drug-likeness (QED) is 0.601. The standard InChI is InChI=1S/C21H25N5O3S/c1-16-24-21(13-25(16)2)30(27,28)26-10-8-17(9-11-26)14-29-20-12-19(22-15-23-20)18-6-4-3-5-7-18/h3-7,12-13,15,17H,8-11,14H2,1-2H3. The van der Waals surface area contributed by atoms with E-state index in [0.29, 0.717) is 31.4 Å². The number of imidazole rings is 1. The van der Waals surface area contributed by atoms with Crippen LogP contribution in [0.4, 0.5) is 0 Å². The molecule has 0 radical (unpaired) electrons. The zero-order valence-corrected chi connectivity index (χ0v) is 17.9. The molecule has 3 heterocycles. The first-order valence-corrected chi connectivity index (χ1v) is 11.4. The van der Waals surface area contributed by atoms with Gasteiger partial charge in [0.1, 0.15) is 12.2 Å². The summed E-state index contributed by atoms with van der Waals surface area (Å²) >= 11 is 0. The van der Waals surface area contributed by atoms with Gasteiger partial charge in [0.05, 0.1) is 12.3 Å². The van der Waals surface area contributed by atoms with Crippen LogP contribution in [0.5, 0.6) is 5.88 Å². The molecular weight excluding hydrogens is 402 g/mol. The number of nitrogens with zero attached hydrogens (tertiary/aromatic N) is 5. The molecule has 0 saturated carbocycles. The van der Waals surface area contributed by atoms with E-state index in [-0.39, 0.29) is 10.9 Å². The van der Waals surface area contributed by atoms with Gasteiger partial charge in [-0.15, -0.1) is 0 Å². The summed E-state index contributed by atoms with van der Waals surface area (Å²) in [6.07, 6.45) is 4.55. The fourth-order valence-electron chi connectivity index (χ4n) is 3.49. The Labute approximate surface area is 176 Å². The Bertz CT molecular complexity index is 1090. The minimum atomic E-state index is -3.55. The summed E-state index contributed by atoms with van der Waals surface area (Å²) in [7, 11) is -1.76. The SMILES string of the molecule is Cc1nc(S(=O)(=O)N2CCC(COc3cc(-c4ccccc4)ncn3)CC2)cn1C. The highest BCUT2D eigenvalue weighted by molar-refractivity contribution is 7.89. The number of ether oxygens (including phenoxy) is 1. The number of sulfonamides is 1. The van der Waals surface area contributed by atoms with E-state index in [1.54, 1.807) is 24.7 Å². The highest BCUT2D eigenvalue weighted by atomic mass is 32.2. The molecule has 8 nitrogen and oxygen atoms in total. The van der Waals surface area contributed by atoms with Crippen LogP contribution in [-0.4, -0.2) is 51.9 Å². The number of piperidine rings is 1. The van der Waals surface area contributed by atoms with E-state index < -0.39 is 10.0 Å². The normalized spacial score (nSPS) is 15.9. The number of aryl methyl sites for hydroxylation is 2. The first-order chi connectivity index (χ1) is 14.4. The Balaban J connectivity index is 1.33. The van der Waals surface area contributed by atoms with E-state index in [0.717, 1.165) is 24.1 Å². The third-order valence-corrected chi connectivity index (χ3v) is 7.21. The summed E-state index contributed by atoms with van der Waals surface area (Å²) in [5.74, 6) is 1.48. The van der Waals surface area contributed by atoms with Crippen LogP contribution < -0.4 is 4.74 Å². The molecule has 0 atom stereocenters. The first-order valence-electron chi connectivity index (χ1n) is 9.94. The highest BCUT2D eigenvalue weighted by Gasteiger charge is 2.31. The lowest BCUT2D eigenvalue weighted by molar-refractivity contribution is 0.180. The Morgan fingerprint density at radius 1 is 1.13 bits per heavy atom.